The van der Waals surface area contributed by atoms with E-state index in [2.05, 4.69) is 41.7 Å². The molecule has 35 heavy (non-hydrogen) atoms. The first-order valence-corrected chi connectivity index (χ1v) is 11.8. The number of nitrogens with one attached hydrogen (secondary N) is 1. The molecule has 6 nitrogen and oxygen atoms in total. The molecule has 2 amide bonds. The molecule has 0 saturated heterocycles. The van der Waals surface area contributed by atoms with Crippen molar-refractivity contribution in [1.82, 2.24) is 15.5 Å². The van der Waals surface area contributed by atoms with E-state index in [4.69, 9.17) is 9.51 Å². The maximum Gasteiger partial charge on any atom is 0.326 e. The maximum atomic E-state index is 13.3. The van der Waals surface area contributed by atoms with Gasteiger partial charge in [-0.3, -0.25) is 4.90 Å². The van der Waals surface area contributed by atoms with Crippen LogP contribution in [0.2, 0.25) is 0 Å². The predicted molar refractivity (Wildman–Crippen MR) is 138 cm³/mol. The van der Waals surface area contributed by atoms with Gasteiger partial charge in [-0.1, -0.05) is 83.9 Å². The van der Waals surface area contributed by atoms with E-state index < -0.39 is 6.04 Å². The van der Waals surface area contributed by atoms with E-state index in [-0.39, 0.29) is 6.03 Å². The summed E-state index contributed by atoms with van der Waals surface area (Å²) >= 11 is 0. The number of hydrogen-bond acceptors (Lipinski definition) is 4. The van der Waals surface area contributed by atoms with E-state index in [1.54, 1.807) is 4.90 Å². The van der Waals surface area contributed by atoms with E-state index in [1.165, 1.54) is 5.56 Å². The predicted octanol–water partition coefficient (Wildman–Crippen LogP) is 6.62. The number of urea groups is 1. The van der Waals surface area contributed by atoms with E-state index in [0.717, 1.165) is 45.6 Å². The summed E-state index contributed by atoms with van der Waals surface area (Å²) in [4.78, 5) is 19.8. The summed E-state index contributed by atoms with van der Waals surface area (Å²) < 4.78 is 5.80. The average molecular weight is 465 g/mol. The SMILES string of the molecule is CCc1ccc(C2NC(=O)N(c3ccc(C)cc3)C(C)=C2c2nc(-c3ccc(C)cc3)no2)cc1. The molecule has 4 aromatic rings. The second-order valence-electron chi connectivity index (χ2n) is 8.94. The van der Waals surface area contributed by atoms with Crippen molar-refractivity contribution in [3.8, 4) is 11.4 Å². The van der Waals surface area contributed by atoms with Gasteiger partial charge in [0.05, 0.1) is 17.3 Å². The molecule has 1 aliphatic rings. The number of rotatable bonds is 5. The van der Waals surface area contributed by atoms with Crippen LogP contribution in [0.3, 0.4) is 0 Å². The molecule has 176 valence electrons. The summed E-state index contributed by atoms with van der Waals surface area (Å²) in [7, 11) is 0. The molecule has 1 aromatic heterocycles. The van der Waals surface area contributed by atoms with E-state index in [0.29, 0.717) is 11.7 Å². The Kier molecular flexibility index (Phi) is 5.95. The van der Waals surface area contributed by atoms with Gasteiger partial charge < -0.3 is 9.84 Å². The van der Waals surface area contributed by atoms with Crippen LogP contribution in [0.5, 0.6) is 0 Å². The van der Waals surface area contributed by atoms with Crippen LogP contribution in [0.15, 0.2) is 83.0 Å². The fourth-order valence-corrected chi connectivity index (χ4v) is 4.37. The number of nitrogens with zero attached hydrogens (tertiary/aromatic N) is 3. The molecule has 0 radical (unpaired) electrons. The largest absolute Gasteiger partial charge is 0.334 e. The quantitative estimate of drug-likeness (QED) is 0.360. The van der Waals surface area contributed by atoms with Crippen molar-refractivity contribution in [2.75, 3.05) is 4.90 Å². The molecule has 1 aliphatic heterocycles. The summed E-state index contributed by atoms with van der Waals surface area (Å²) in [5.74, 6) is 0.902. The summed E-state index contributed by atoms with van der Waals surface area (Å²) in [6.45, 7) is 8.11. The highest BCUT2D eigenvalue weighted by Gasteiger charge is 2.36. The Bertz CT molecular complexity index is 1380. The minimum absolute atomic E-state index is 0.196. The average Bonchev–Trinajstić information content (AvgIpc) is 3.35. The van der Waals surface area contributed by atoms with Gasteiger partial charge in [0.1, 0.15) is 0 Å². The van der Waals surface area contributed by atoms with Crippen LogP contribution >= 0.6 is 0 Å². The fraction of sp³-hybridized carbons (Fsp3) is 0.207. The first kappa shape index (κ1) is 22.6. The molecule has 1 unspecified atom stereocenters. The highest BCUT2D eigenvalue weighted by Crippen LogP contribution is 2.39. The molecule has 0 spiro atoms. The Balaban J connectivity index is 1.63. The molecule has 2 heterocycles. The Morgan fingerprint density at radius 2 is 1.51 bits per heavy atom. The lowest BCUT2D eigenvalue weighted by molar-refractivity contribution is 0.244. The van der Waals surface area contributed by atoms with Crippen molar-refractivity contribution in [1.29, 1.82) is 0 Å². The molecule has 0 bridgehead atoms. The zero-order chi connectivity index (χ0) is 24.5. The van der Waals surface area contributed by atoms with Gasteiger partial charge in [0.15, 0.2) is 0 Å². The summed E-state index contributed by atoms with van der Waals surface area (Å²) in [6.07, 6.45) is 0.948. The molecule has 3 aromatic carbocycles. The molecular weight excluding hydrogens is 436 g/mol. The van der Waals surface area contributed by atoms with Gasteiger partial charge >= 0.3 is 6.03 Å². The first-order valence-electron chi connectivity index (χ1n) is 11.8. The smallest absolute Gasteiger partial charge is 0.326 e. The normalized spacial score (nSPS) is 15.9. The third kappa shape index (κ3) is 4.35. The number of carbonyl (C=O) groups excluding carboxylic acids is 1. The van der Waals surface area contributed by atoms with Crippen molar-refractivity contribution in [2.24, 2.45) is 0 Å². The topological polar surface area (TPSA) is 71.3 Å². The van der Waals surface area contributed by atoms with Crippen molar-refractivity contribution >= 4 is 17.3 Å². The number of allylic oxidation sites excluding steroid dienone is 1. The number of aromatic nitrogens is 2. The molecule has 1 N–H and O–H groups in total. The van der Waals surface area contributed by atoms with Crippen molar-refractivity contribution in [3.63, 3.8) is 0 Å². The van der Waals surface area contributed by atoms with Gasteiger partial charge in [-0.05, 0) is 50.5 Å². The fourth-order valence-electron chi connectivity index (χ4n) is 4.37. The third-order valence-electron chi connectivity index (χ3n) is 6.46. The molecular formula is C29H28N4O2. The lowest BCUT2D eigenvalue weighted by Gasteiger charge is -2.35. The molecule has 5 rings (SSSR count). The highest BCUT2D eigenvalue weighted by molar-refractivity contribution is 6.01. The minimum atomic E-state index is -0.415. The minimum Gasteiger partial charge on any atom is -0.334 e. The molecule has 1 atom stereocenters. The van der Waals surface area contributed by atoms with Gasteiger partial charge in [0.25, 0.3) is 5.89 Å². The number of carbonyl (C=O) groups is 1. The van der Waals surface area contributed by atoms with Crippen molar-refractivity contribution in [3.05, 3.63) is 107 Å². The Morgan fingerprint density at radius 3 is 2.14 bits per heavy atom. The van der Waals surface area contributed by atoms with Gasteiger partial charge in [-0.2, -0.15) is 4.98 Å². The zero-order valence-electron chi connectivity index (χ0n) is 20.4. The number of aryl methyl sites for hydroxylation is 3. The summed E-state index contributed by atoms with van der Waals surface area (Å²) in [6, 6.07) is 23.5. The Labute approximate surface area is 205 Å². The lowest BCUT2D eigenvalue weighted by Crippen LogP contribution is -2.46. The second-order valence-corrected chi connectivity index (χ2v) is 8.94. The van der Waals surface area contributed by atoms with Crippen LogP contribution in [-0.4, -0.2) is 16.2 Å². The second kappa shape index (κ2) is 9.22. The lowest BCUT2D eigenvalue weighted by atomic mass is 9.93. The number of hydrogen-bond donors (Lipinski definition) is 1. The van der Waals surface area contributed by atoms with Crippen LogP contribution in [0.1, 0.15) is 48.0 Å². The van der Waals surface area contributed by atoms with Crippen LogP contribution in [0, 0.1) is 13.8 Å². The standard InChI is InChI=1S/C29H28N4O2/c1-5-21-10-14-22(15-11-21)26-25(28-31-27(32-35-28)23-12-6-18(2)7-13-23)20(4)33(29(34)30-26)24-16-8-19(3)9-17-24/h6-17,26H,5H2,1-4H3,(H,30,34). The molecule has 0 saturated carbocycles. The monoisotopic (exact) mass is 464 g/mol. The van der Waals surface area contributed by atoms with Gasteiger partial charge in [-0.15, -0.1) is 0 Å². The number of anilines is 1. The Hall–Kier alpha value is -4.19. The van der Waals surface area contributed by atoms with Crippen LogP contribution in [0.25, 0.3) is 17.0 Å². The summed E-state index contributed by atoms with van der Waals surface area (Å²) in [5.41, 5.74) is 7.67. The van der Waals surface area contributed by atoms with Gasteiger partial charge in [0.2, 0.25) is 5.82 Å². The Morgan fingerprint density at radius 1 is 0.886 bits per heavy atom. The van der Waals surface area contributed by atoms with Crippen LogP contribution in [-0.2, 0) is 6.42 Å². The van der Waals surface area contributed by atoms with Crippen LogP contribution < -0.4 is 10.2 Å². The number of benzene rings is 3. The molecule has 6 heteroatoms. The van der Waals surface area contributed by atoms with E-state index in [1.807, 2.05) is 69.3 Å². The number of amides is 2. The van der Waals surface area contributed by atoms with Crippen molar-refractivity contribution < 1.29 is 9.32 Å². The van der Waals surface area contributed by atoms with E-state index in [9.17, 15) is 4.79 Å². The van der Waals surface area contributed by atoms with Gasteiger partial charge in [0, 0.05) is 11.3 Å². The first-order chi connectivity index (χ1) is 16.9. The van der Waals surface area contributed by atoms with E-state index >= 15 is 0 Å². The maximum absolute atomic E-state index is 13.3. The van der Waals surface area contributed by atoms with Crippen molar-refractivity contribution in [2.45, 2.75) is 40.2 Å². The molecule has 0 fully saturated rings. The molecule has 0 aliphatic carbocycles. The highest BCUT2D eigenvalue weighted by atomic mass is 16.5. The zero-order valence-corrected chi connectivity index (χ0v) is 20.4. The van der Waals surface area contributed by atoms with Crippen LogP contribution in [0.4, 0.5) is 10.5 Å². The van der Waals surface area contributed by atoms with Gasteiger partial charge in [-0.25, -0.2) is 4.79 Å². The third-order valence-corrected chi connectivity index (χ3v) is 6.46. The summed E-state index contributed by atoms with van der Waals surface area (Å²) in [5, 5.41) is 7.43.